The second-order valence-electron chi connectivity index (χ2n) is 7.20. The zero-order chi connectivity index (χ0) is 18.2. The van der Waals surface area contributed by atoms with Gasteiger partial charge in [0.1, 0.15) is 0 Å². The average molecular weight is 377 g/mol. The third kappa shape index (κ3) is 4.95. The predicted octanol–water partition coefficient (Wildman–Crippen LogP) is 2.92. The second-order valence-corrected chi connectivity index (χ2v) is 7.98. The van der Waals surface area contributed by atoms with Crippen LogP contribution < -0.4 is 10.6 Å². The largest absolute Gasteiger partial charge is 0.381 e. The molecule has 2 heterocycles. The van der Waals surface area contributed by atoms with Crippen LogP contribution in [0.25, 0.3) is 0 Å². The van der Waals surface area contributed by atoms with Gasteiger partial charge in [-0.1, -0.05) is 11.6 Å². The molecule has 2 amide bonds. The zero-order valence-electron chi connectivity index (χ0n) is 15.2. The molecule has 1 fully saturated rings. The van der Waals surface area contributed by atoms with E-state index < -0.39 is 11.8 Å². The van der Waals surface area contributed by atoms with Crippen molar-refractivity contribution in [3.8, 4) is 0 Å². The van der Waals surface area contributed by atoms with Crippen LogP contribution in [0.4, 0.5) is 0 Å². The Morgan fingerprint density at radius 1 is 1.15 bits per heavy atom. The number of amides is 2. The SMILES string of the molecule is O=C(NCCC1=CCCCC1)C(=O)NCC1(c2ccsc2)CCOCC1. The minimum Gasteiger partial charge on any atom is -0.381 e. The standard InChI is InChI=1S/C20H28N2O3S/c23-18(21-10-6-16-4-2-1-3-5-16)19(24)22-15-20(8-11-25-12-9-20)17-7-13-26-14-17/h4,7,13-14H,1-3,5-6,8-12,15H2,(H,21,23)(H,22,24). The van der Waals surface area contributed by atoms with Gasteiger partial charge in [0.25, 0.3) is 0 Å². The zero-order valence-corrected chi connectivity index (χ0v) is 16.0. The van der Waals surface area contributed by atoms with Crippen molar-refractivity contribution in [1.82, 2.24) is 10.6 Å². The molecule has 142 valence electrons. The highest BCUT2D eigenvalue weighted by Gasteiger charge is 2.35. The molecule has 2 aliphatic rings. The van der Waals surface area contributed by atoms with Gasteiger partial charge in [-0.15, -0.1) is 0 Å². The average Bonchev–Trinajstić information content (AvgIpc) is 3.23. The molecule has 0 unspecified atom stereocenters. The molecular weight excluding hydrogens is 348 g/mol. The summed E-state index contributed by atoms with van der Waals surface area (Å²) in [6.07, 6.45) is 9.58. The van der Waals surface area contributed by atoms with Gasteiger partial charge in [-0.3, -0.25) is 9.59 Å². The summed E-state index contributed by atoms with van der Waals surface area (Å²) in [6.45, 7) is 2.38. The van der Waals surface area contributed by atoms with Crippen molar-refractivity contribution in [1.29, 1.82) is 0 Å². The van der Waals surface area contributed by atoms with E-state index in [0.717, 1.165) is 32.1 Å². The molecule has 5 nitrogen and oxygen atoms in total. The molecule has 3 rings (SSSR count). The minimum absolute atomic E-state index is 0.124. The Labute approximate surface area is 159 Å². The van der Waals surface area contributed by atoms with E-state index in [1.54, 1.807) is 11.3 Å². The van der Waals surface area contributed by atoms with Gasteiger partial charge in [-0.2, -0.15) is 11.3 Å². The summed E-state index contributed by atoms with van der Waals surface area (Å²) in [5.41, 5.74) is 2.51. The first-order valence-electron chi connectivity index (χ1n) is 9.54. The van der Waals surface area contributed by atoms with Crippen LogP contribution in [0.2, 0.25) is 0 Å². The lowest BCUT2D eigenvalue weighted by atomic mass is 9.75. The molecule has 2 N–H and O–H groups in total. The van der Waals surface area contributed by atoms with Crippen LogP contribution >= 0.6 is 11.3 Å². The van der Waals surface area contributed by atoms with E-state index in [4.69, 9.17) is 4.74 Å². The highest BCUT2D eigenvalue weighted by Crippen LogP contribution is 2.35. The molecule has 1 saturated heterocycles. The first kappa shape index (κ1) is 19.1. The number of carbonyl (C=O) groups excluding carboxylic acids is 2. The second kappa shape index (κ2) is 9.33. The molecule has 0 radical (unpaired) electrons. The van der Waals surface area contributed by atoms with Crippen LogP contribution in [0.15, 0.2) is 28.5 Å². The number of ether oxygens (including phenoxy) is 1. The topological polar surface area (TPSA) is 67.4 Å². The number of hydrogen-bond donors (Lipinski definition) is 2. The van der Waals surface area contributed by atoms with E-state index in [0.29, 0.717) is 26.3 Å². The Morgan fingerprint density at radius 2 is 1.96 bits per heavy atom. The molecule has 0 spiro atoms. The van der Waals surface area contributed by atoms with E-state index in [1.807, 2.05) is 0 Å². The third-order valence-corrected chi connectivity index (χ3v) is 6.18. The summed E-state index contributed by atoms with van der Waals surface area (Å²) in [7, 11) is 0. The molecule has 1 aromatic heterocycles. The van der Waals surface area contributed by atoms with Crippen molar-refractivity contribution in [3.63, 3.8) is 0 Å². The fourth-order valence-electron chi connectivity index (χ4n) is 3.77. The highest BCUT2D eigenvalue weighted by atomic mass is 32.1. The van der Waals surface area contributed by atoms with Crippen LogP contribution in [0.3, 0.4) is 0 Å². The summed E-state index contributed by atoms with van der Waals surface area (Å²) in [5.74, 6) is -1.07. The summed E-state index contributed by atoms with van der Waals surface area (Å²) >= 11 is 1.66. The van der Waals surface area contributed by atoms with Gasteiger partial charge in [-0.25, -0.2) is 0 Å². The first-order chi connectivity index (χ1) is 12.7. The maximum Gasteiger partial charge on any atom is 0.309 e. The molecule has 0 bridgehead atoms. The molecule has 1 aliphatic carbocycles. The number of allylic oxidation sites excluding steroid dienone is 1. The van der Waals surface area contributed by atoms with Crippen molar-refractivity contribution in [2.45, 2.75) is 50.4 Å². The molecule has 6 heteroatoms. The van der Waals surface area contributed by atoms with E-state index >= 15 is 0 Å². The molecule has 1 aromatic rings. The smallest absolute Gasteiger partial charge is 0.309 e. The van der Waals surface area contributed by atoms with Gasteiger partial charge < -0.3 is 15.4 Å². The summed E-state index contributed by atoms with van der Waals surface area (Å²) < 4.78 is 5.49. The minimum atomic E-state index is -0.538. The maximum absolute atomic E-state index is 12.2. The van der Waals surface area contributed by atoms with Crippen molar-refractivity contribution >= 4 is 23.2 Å². The van der Waals surface area contributed by atoms with Gasteiger partial charge >= 0.3 is 11.8 Å². The quantitative estimate of drug-likeness (QED) is 0.593. The molecule has 0 aromatic carbocycles. The van der Waals surface area contributed by atoms with Crippen LogP contribution in [0, 0.1) is 0 Å². The van der Waals surface area contributed by atoms with Gasteiger partial charge in [0.05, 0.1) is 0 Å². The van der Waals surface area contributed by atoms with E-state index in [9.17, 15) is 9.59 Å². The summed E-state index contributed by atoms with van der Waals surface area (Å²) in [5, 5.41) is 9.79. The van der Waals surface area contributed by atoms with E-state index in [2.05, 4.69) is 33.5 Å². The van der Waals surface area contributed by atoms with E-state index in [1.165, 1.54) is 24.0 Å². The molecule has 26 heavy (non-hydrogen) atoms. The van der Waals surface area contributed by atoms with Gasteiger partial charge in [-0.05, 0) is 67.3 Å². The highest BCUT2D eigenvalue weighted by molar-refractivity contribution is 7.08. The fraction of sp³-hybridized carbons (Fsp3) is 0.600. The lowest BCUT2D eigenvalue weighted by Crippen LogP contribution is -2.48. The van der Waals surface area contributed by atoms with Crippen LogP contribution in [-0.2, 0) is 19.7 Å². The third-order valence-electron chi connectivity index (χ3n) is 5.49. The van der Waals surface area contributed by atoms with Crippen LogP contribution in [0.1, 0.15) is 50.5 Å². The Balaban J connectivity index is 1.47. The number of carbonyl (C=O) groups is 2. The maximum atomic E-state index is 12.2. The predicted molar refractivity (Wildman–Crippen MR) is 103 cm³/mol. The van der Waals surface area contributed by atoms with Crippen molar-refractivity contribution < 1.29 is 14.3 Å². The Morgan fingerprint density at radius 3 is 2.65 bits per heavy atom. The fourth-order valence-corrected chi connectivity index (χ4v) is 4.55. The van der Waals surface area contributed by atoms with Gasteiger partial charge in [0, 0.05) is 31.7 Å². The van der Waals surface area contributed by atoms with Crippen LogP contribution in [0.5, 0.6) is 0 Å². The monoisotopic (exact) mass is 376 g/mol. The Kier molecular flexibility index (Phi) is 6.86. The Bertz CT molecular complexity index is 633. The normalized spacial score (nSPS) is 19.5. The summed E-state index contributed by atoms with van der Waals surface area (Å²) in [4.78, 5) is 24.3. The lowest BCUT2D eigenvalue weighted by molar-refractivity contribution is -0.139. The molecule has 0 saturated carbocycles. The van der Waals surface area contributed by atoms with Crippen molar-refractivity contribution in [3.05, 3.63) is 34.0 Å². The molecule has 1 aliphatic heterocycles. The molecule has 0 atom stereocenters. The first-order valence-corrected chi connectivity index (χ1v) is 10.5. The van der Waals surface area contributed by atoms with Crippen molar-refractivity contribution in [2.24, 2.45) is 0 Å². The van der Waals surface area contributed by atoms with E-state index in [-0.39, 0.29) is 5.41 Å². The number of hydrogen-bond acceptors (Lipinski definition) is 4. The number of thiophene rings is 1. The van der Waals surface area contributed by atoms with Gasteiger partial charge in [0.15, 0.2) is 0 Å². The number of rotatable bonds is 6. The van der Waals surface area contributed by atoms with Gasteiger partial charge in [0.2, 0.25) is 0 Å². The van der Waals surface area contributed by atoms with Crippen LogP contribution in [-0.4, -0.2) is 38.1 Å². The number of nitrogens with one attached hydrogen (secondary N) is 2. The summed E-state index contributed by atoms with van der Waals surface area (Å²) in [6, 6.07) is 2.11. The molecular formula is C20H28N2O3S. The lowest BCUT2D eigenvalue weighted by Gasteiger charge is -2.37. The Hall–Kier alpha value is -1.66. The van der Waals surface area contributed by atoms with Crippen molar-refractivity contribution in [2.75, 3.05) is 26.3 Å².